The molecular weight excluding hydrogens is 352 g/mol. The van der Waals surface area contributed by atoms with E-state index in [1.807, 2.05) is 36.9 Å². The number of ether oxygens (including phenoxy) is 1. The predicted molar refractivity (Wildman–Crippen MR) is 104 cm³/mol. The number of benzene rings is 1. The molecule has 2 saturated heterocycles. The highest BCUT2D eigenvalue weighted by Crippen LogP contribution is 2.40. The Balaban J connectivity index is 0.00000243. The van der Waals surface area contributed by atoms with Gasteiger partial charge in [-0.1, -0.05) is 18.2 Å². The van der Waals surface area contributed by atoms with E-state index < -0.39 is 0 Å². The van der Waals surface area contributed by atoms with Gasteiger partial charge in [-0.15, -0.1) is 12.4 Å². The molecular formula is C20H29ClN2O3. The van der Waals surface area contributed by atoms with Gasteiger partial charge in [-0.2, -0.15) is 0 Å². The molecule has 0 radical (unpaired) electrons. The van der Waals surface area contributed by atoms with E-state index in [0.29, 0.717) is 24.7 Å². The summed E-state index contributed by atoms with van der Waals surface area (Å²) in [6, 6.07) is 9.61. The number of carbonyl (C=O) groups is 2. The van der Waals surface area contributed by atoms with Crippen LogP contribution in [0.5, 0.6) is 0 Å². The summed E-state index contributed by atoms with van der Waals surface area (Å²) < 4.78 is 5.87. The second kappa shape index (κ2) is 8.87. The molecule has 0 N–H and O–H groups in total. The smallest absolute Gasteiger partial charge is 0.338 e. The number of esters is 1. The van der Waals surface area contributed by atoms with Gasteiger partial charge in [-0.3, -0.25) is 9.69 Å². The first kappa shape index (κ1) is 20.7. The van der Waals surface area contributed by atoms with Crippen LogP contribution < -0.4 is 0 Å². The molecule has 3 rings (SSSR count). The standard InChI is InChI=1S/C20H28N2O3.ClH/c1-4-22(5-2)19(23)18-16-12-11-15(21(16)3)13-17(18)25-20(24)14-9-7-6-8-10-14;/h6-10,15-18H,4-5,11-13H2,1-3H3;1H. The van der Waals surface area contributed by atoms with E-state index in [9.17, 15) is 9.59 Å². The zero-order valence-electron chi connectivity index (χ0n) is 15.8. The van der Waals surface area contributed by atoms with Crippen molar-refractivity contribution in [3.63, 3.8) is 0 Å². The van der Waals surface area contributed by atoms with E-state index in [1.54, 1.807) is 12.1 Å². The SMILES string of the molecule is CCN(CC)C(=O)C1C(OC(=O)c2ccccc2)CC2CCC1N2C.Cl. The number of carbonyl (C=O) groups excluding carboxylic acids is 2. The number of rotatable bonds is 5. The topological polar surface area (TPSA) is 49.9 Å². The van der Waals surface area contributed by atoms with Crippen molar-refractivity contribution in [2.45, 2.75) is 51.3 Å². The molecule has 0 spiro atoms. The Morgan fingerprint density at radius 2 is 1.81 bits per heavy atom. The number of piperidine rings is 1. The van der Waals surface area contributed by atoms with Crippen molar-refractivity contribution in [3.8, 4) is 0 Å². The number of hydrogen-bond acceptors (Lipinski definition) is 4. The maximum Gasteiger partial charge on any atom is 0.338 e. The quantitative estimate of drug-likeness (QED) is 0.737. The predicted octanol–water partition coefficient (Wildman–Crippen LogP) is 2.98. The molecule has 1 amide bonds. The van der Waals surface area contributed by atoms with Crippen LogP contribution in [-0.4, -0.2) is 60.0 Å². The molecule has 6 heteroatoms. The van der Waals surface area contributed by atoms with Gasteiger partial charge < -0.3 is 9.64 Å². The highest BCUT2D eigenvalue weighted by atomic mass is 35.5. The highest BCUT2D eigenvalue weighted by molar-refractivity contribution is 5.90. The summed E-state index contributed by atoms with van der Waals surface area (Å²) in [5.74, 6) is -0.476. The lowest BCUT2D eigenvalue weighted by Gasteiger charge is -2.43. The molecule has 2 aliphatic rings. The fraction of sp³-hybridized carbons (Fsp3) is 0.600. The molecule has 1 aromatic carbocycles. The summed E-state index contributed by atoms with van der Waals surface area (Å²) in [7, 11) is 2.10. The Morgan fingerprint density at radius 3 is 2.42 bits per heavy atom. The number of halogens is 1. The van der Waals surface area contributed by atoms with Crippen LogP contribution >= 0.6 is 12.4 Å². The third-order valence-electron chi connectivity index (χ3n) is 5.84. The number of nitrogens with zero attached hydrogens (tertiary/aromatic N) is 2. The van der Waals surface area contributed by atoms with Crippen molar-refractivity contribution >= 4 is 24.3 Å². The molecule has 4 unspecified atom stereocenters. The fourth-order valence-electron chi connectivity index (χ4n) is 4.39. The van der Waals surface area contributed by atoms with Gasteiger partial charge in [0.1, 0.15) is 6.10 Å². The number of hydrogen-bond donors (Lipinski definition) is 0. The maximum atomic E-state index is 13.1. The van der Waals surface area contributed by atoms with Gasteiger partial charge in [0.25, 0.3) is 0 Å². The van der Waals surface area contributed by atoms with Crippen molar-refractivity contribution in [1.29, 1.82) is 0 Å². The average Bonchev–Trinajstić information content (AvgIpc) is 2.87. The van der Waals surface area contributed by atoms with Crippen LogP contribution in [0.3, 0.4) is 0 Å². The Hall–Kier alpha value is -1.59. The molecule has 144 valence electrons. The Kier molecular flexibility index (Phi) is 7.07. The summed E-state index contributed by atoms with van der Waals surface area (Å²) in [4.78, 5) is 29.9. The normalized spacial score (nSPS) is 27.5. The van der Waals surface area contributed by atoms with Crippen molar-refractivity contribution in [1.82, 2.24) is 9.80 Å². The van der Waals surface area contributed by atoms with E-state index in [2.05, 4.69) is 11.9 Å². The molecule has 0 aliphatic carbocycles. The van der Waals surface area contributed by atoms with E-state index in [0.717, 1.165) is 19.3 Å². The Morgan fingerprint density at radius 1 is 1.15 bits per heavy atom. The van der Waals surface area contributed by atoms with E-state index in [1.165, 1.54) is 0 Å². The minimum Gasteiger partial charge on any atom is -0.458 e. The molecule has 0 saturated carbocycles. The van der Waals surface area contributed by atoms with Crippen molar-refractivity contribution in [2.24, 2.45) is 5.92 Å². The molecule has 2 aliphatic heterocycles. The molecule has 2 heterocycles. The molecule has 4 atom stereocenters. The van der Waals surface area contributed by atoms with Crippen molar-refractivity contribution in [3.05, 3.63) is 35.9 Å². The van der Waals surface area contributed by atoms with Gasteiger partial charge >= 0.3 is 5.97 Å². The first-order valence-electron chi connectivity index (χ1n) is 9.33. The zero-order chi connectivity index (χ0) is 18.0. The van der Waals surface area contributed by atoms with Crippen molar-refractivity contribution < 1.29 is 14.3 Å². The van der Waals surface area contributed by atoms with Crippen LogP contribution in [0.2, 0.25) is 0 Å². The van der Waals surface area contributed by atoms with Gasteiger partial charge in [0, 0.05) is 31.6 Å². The van der Waals surface area contributed by atoms with Gasteiger partial charge in [0.05, 0.1) is 11.5 Å². The lowest BCUT2D eigenvalue weighted by molar-refractivity contribution is -0.145. The highest BCUT2D eigenvalue weighted by Gasteiger charge is 2.51. The summed E-state index contributed by atoms with van der Waals surface area (Å²) >= 11 is 0. The fourth-order valence-corrected chi connectivity index (χ4v) is 4.39. The van der Waals surface area contributed by atoms with Gasteiger partial charge in [-0.25, -0.2) is 4.79 Å². The molecule has 2 bridgehead atoms. The number of amides is 1. The summed E-state index contributed by atoms with van der Waals surface area (Å²) in [6.07, 6.45) is 2.47. The molecule has 2 fully saturated rings. The second-order valence-electron chi connectivity index (χ2n) is 7.05. The number of fused-ring (bicyclic) bond motifs is 2. The Labute approximate surface area is 162 Å². The first-order chi connectivity index (χ1) is 12.1. The van der Waals surface area contributed by atoms with Crippen LogP contribution in [0.4, 0.5) is 0 Å². The van der Waals surface area contributed by atoms with Gasteiger partial charge in [0.2, 0.25) is 5.91 Å². The first-order valence-corrected chi connectivity index (χ1v) is 9.33. The van der Waals surface area contributed by atoms with Crippen LogP contribution in [0.15, 0.2) is 30.3 Å². The van der Waals surface area contributed by atoms with Crippen LogP contribution in [0.25, 0.3) is 0 Å². The van der Waals surface area contributed by atoms with Crippen LogP contribution in [-0.2, 0) is 9.53 Å². The monoisotopic (exact) mass is 380 g/mol. The van der Waals surface area contributed by atoms with Crippen molar-refractivity contribution in [2.75, 3.05) is 20.1 Å². The lowest BCUT2D eigenvalue weighted by Crippen LogP contribution is -2.56. The second-order valence-corrected chi connectivity index (χ2v) is 7.05. The van der Waals surface area contributed by atoms with E-state index in [4.69, 9.17) is 4.74 Å². The van der Waals surface area contributed by atoms with Gasteiger partial charge in [0.15, 0.2) is 0 Å². The summed E-state index contributed by atoms with van der Waals surface area (Å²) in [5, 5.41) is 0. The maximum absolute atomic E-state index is 13.1. The van der Waals surface area contributed by atoms with E-state index >= 15 is 0 Å². The molecule has 0 aromatic heterocycles. The minimum absolute atomic E-state index is 0. The lowest BCUT2D eigenvalue weighted by atomic mass is 9.86. The zero-order valence-corrected chi connectivity index (χ0v) is 16.6. The van der Waals surface area contributed by atoms with Crippen LogP contribution in [0, 0.1) is 5.92 Å². The third kappa shape index (κ3) is 3.89. The summed E-state index contributed by atoms with van der Waals surface area (Å²) in [5.41, 5.74) is 0.544. The summed E-state index contributed by atoms with van der Waals surface area (Å²) in [6.45, 7) is 5.36. The van der Waals surface area contributed by atoms with E-state index in [-0.39, 0.29) is 42.3 Å². The third-order valence-corrected chi connectivity index (χ3v) is 5.84. The minimum atomic E-state index is -0.338. The average molecular weight is 381 g/mol. The molecule has 5 nitrogen and oxygen atoms in total. The van der Waals surface area contributed by atoms with Crippen LogP contribution in [0.1, 0.15) is 43.5 Å². The Bertz CT molecular complexity index is 621. The van der Waals surface area contributed by atoms with Gasteiger partial charge in [-0.05, 0) is 45.9 Å². The largest absolute Gasteiger partial charge is 0.458 e. The molecule has 1 aromatic rings. The molecule has 26 heavy (non-hydrogen) atoms.